The topological polar surface area (TPSA) is 103 Å². The number of rotatable bonds is 7. The highest BCUT2D eigenvalue weighted by Crippen LogP contribution is 2.36. The molecular formula is C25H41BN4O5S. The van der Waals surface area contributed by atoms with E-state index in [1.807, 2.05) is 32.6 Å². The molecule has 1 N–H and O–H groups in total. The largest absolute Gasteiger partial charge is 0.498 e. The lowest BCUT2D eigenvalue weighted by Crippen LogP contribution is -2.50. The number of carbonyl (C=O) groups is 2. The summed E-state index contributed by atoms with van der Waals surface area (Å²) in [6, 6.07) is -0.621. The maximum atomic E-state index is 12.9. The van der Waals surface area contributed by atoms with Gasteiger partial charge in [-0.1, -0.05) is 11.8 Å². The quantitative estimate of drug-likeness (QED) is 0.332. The minimum Gasteiger partial charge on any atom is -0.444 e. The van der Waals surface area contributed by atoms with Crippen LogP contribution in [0.5, 0.6) is 0 Å². The Morgan fingerprint density at radius 2 is 1.83 bits per heavy atom. The summed E-state index contributed by atoms with van der Waals surface area (Å²) >= 11 is 1.61. The number of thioether (sulfide) groups is 1. The monoisotopic (exact) mass is 520 g/mol. The predicted molar refractivity (Wildman–Crippen MR) is 141 cm³/mol. The molecule has 0 saturated carbocycles. The van der Waals surface area contributed by atoms with E-state index in [1.54, 1.807) is 51.9 Å². The number of alkyl carbamates (subject to hydrolysis) is 1. The summed E-state index contributed by atoms with van der Waals surface area (Å²) in [5.41, 5.74) is -0.585. The molecule has 2 atom stereocenters. The van der Waals surface area contributed by atoms with Crippen molar-refractivity contribution in [2.75, 3.05) is 18.8 Å². The van der Waals surface area contributed by atoms with Gasteiger partial charge in [-0.3, -0.25) is 4.79 Å². The first-order valence-corrected chi connectivity index (χ1v) is 13.7. The van der Waals surface area contributed by atoms with Crippen molar-refractivity contribution in [3.05, 3.63) is 12.4 Å². The zero-order chi connectivity index (χ0) is 26.7. The zero-order valence-corrected chi connectivity index (χ0v) is 23.7. The second-order valence-electron chi connectivity index (χ2n) is 11.7. The van der Waals surface area contributed by atoms with Crippen LogP contribution in [-0.4, -0.2) is 75.7 Å². The van der Waals surface area contributed by atoms with Gasteiger partial charge in [0, 0.05) is 36.7 Å². The van der Waals surface area contributed by atoms with Gasteiger partial charge in [-0.25, -0.2) is 14.8 Å². The van der Waals surface area contributed by atoms with Gasteiger partial charge in [-0.15, -0.1) is 0 Å². The number of hydrogen-bond donors (Lipinski definition) is 1. The fourth-order valence-corrected chi connectivity index (χ4v) is 5.03. The van der Waals surface area contributed by atoms with E-state index in [4.69, 9.17) is 14.0 Å². The van der Waals surface area contributed by atoms with Gasteiger partial charge in [0.05, 0.1) is 11.2 Å². The van der Waals surface area contributed by atoms with Crippen LogP contribution in [0.1, 0.15) is 74.7 Å². The number of likely N-dealkylation sites (tertiary alicyclic amines) is 1. The Labute approximate surface area is 220 Å². The first-order valence-electron chi connectivity index (χ1n) is 12.8. The van der Waals surface area contributed by atoms with E-state index in [9.17, 15) is 9.59 Å². The van der Waals surface area contributed by atoms with Crippen LogP contribution in [0.15, 0.2) is 17.6 Å². The number of piperidine rings is 1. The van der Waals surface area contributed by atoms with Gasteiger partial charge in [-0.05, 0) is 80.6 Å². The minimum atomic E-state index is -0.621. The van der Waals surface area contributed by atoms with Gasteiger partial charge in [0.15, 0.2) is 5.16 Å². The molecule has 0 aliphatic carbocycles. The van der Waals surface area contributed by atoms with E-state index in [0.29, 0.717) is 24.2 Å². The third-order valence-electron chi connectivity index (χ3n) is 6.87. The van der Waals surface area contributed by atoms with Crippen LogP contribution < -0.4 is 10.8 Å². The zero-order valence-electron chi connectivity index (χ0n) is 22.9. The highest BCUT2D eigenvalue weighted by Gasteiger charge is 2.52. The van der Waals surface area contributed by atoms with Crippen LogP contribution in [0.2, 0.25) is 0 Å². The Bertz CT molecular complexity index is 906. The summed E-state index contributed by atoms with van der Waals surface area (Å²) in [7, 11) is -0.466. The molecule has 2 saturated heterocycles. The number of carbonyl (C=O) groups excluding carboxylic acids is 2. The molecule has 0 radical (unpaired) electrons. The first kappa shape index (κ1) is 28.7. The highest BCUT2D eigenvalue weighted by atomic mass is 32.2. The molecule has 2 aliphatic rings. The average Bonchev–Trinajstić information content (AvgIpc) is 2.99. The van der Waals surface area contributed by atoms with E-state index < -0.39 is 36.1 Å². The number of ether oxygens (including phenoxy) is 1. The highest BCUT2D eigenvalue weighted by molar-refractivity contribution is 7.99. The molecule has 9 nitrogen and oxygen atoms in total. The van der Waals surface area contributed by atoms with Crippen molar-refractivity contribution in [3.63, 3.8) is 0 Å². The van der Waals surface area contributed by atoms with Crippen molar-refractivity contribution in [1.82, 2.24) is 20.2 Å². The predicted octanol–water partition coefficient (Wildman–Crippen LogP) is 3.41. The summed E-state index contributed by atoms with van der Waals surface area (Å²) in [5, 5.41) is 3.37. The summed E-state index contributed by atoms with van der Waals surface area (Å²) in [5.74, 6) is 1.21. The Hall–Kier alpha value is -1.85. The molecule has 2 fully saturated rings. The van der Waals surface area contributed by atoms with E-state index >= 15 is 0 Å². The van der Waals surface area contributed by atoms with Gasteiger partial charge >= 0.3 is 13.2 Å². The standard InChI is InChI=1S/C25H41BN4O5S/c1-17(29-22(32)33-23(2,3)4)20(31)30-12-9-10-18(16-30)11-13-36-21-27-14-19(15-28-21)26-34-24(5,6)25(7,8)35-26/h14-15,17-18H,9-13,16H2,1-8H3,(H,29,32)/t17-,18+/m0/s1. The van der Waals surface area contributed by atoms with Crippen LogP contribution >= 0.6 is 11.8 Å². The van der Waals surface area contributed by atoms with Crippen molar-refractivity contribution in [2.45, 2.75) is 103 Å². The number of amides is 2. The number of nitrogens with zero attached hydrogens (tertiary/aromatic N) is 3. The maximum absolute atomic E-state index is 12.9. The average molecular weight is 521 g/mol. The third kappa shape index (κ3) is 7.58. The Morgan fingerprint density at radius 1 is 1.22 bits per heavy atom. The number of hydrogen-bond acceptors (Lipinski definition) is 8. The Morgan fingerprint density at radius 3 is 2.42 bits per heavy atom. The van der Waals surface area contributed by atoms with Crippen molar-refractivity contribution in [1.29, 1.82) is 0 Å². The van der Waals surface area contributed by atoms with Crippen LogP contribution in [0.25, 0.3) is 0 Å². The lowest BCUT2D eigenvalue weighted by atomic mass is 9.81. The summed E-state index contributed by atoms with van der Waals surface area (Å²) in [4.78, 5) is 35.7. The molecular weight excluding hydrogens is 479 g/mol. The summed E-state index contributed by atoms with van der Waals surface area (Å²) in [6.07, 6.45) is 5.98. The Kier molecular flexibility index (Phi) is 8.99. The lowest BCUT2D eigenvalue weighted by molar-refractivity contribution is -0.134. The summed E-state index contributed by atoms with van der Waals surface area (Å²) in [6.45, 7) is 16.6. The molecule has 3 heterocycles. The maximum Gasteiger partial charge on any atom is 0.498 e. The second-order valence-corrected chi connectivity index (χ2v) is 12.7. The van der Waals surface area contributed by atoms with E-state index in [0.717, 1.165) is 30.5 Å². The van der Waals surface area contributed by atoms with Crippen molar-refractivity contribution >= 4 is 36.3 Å². The fourth-order valence-electron chi connectivity index (χ4n) is 4.14. The molecule has 0 unspecified atom stereocenters. The molecule has 1 aromatic heterocycles. The van der Waals surface area contributed by atoms with Crippen LogP contribution in [-0.2, 0) is 18.8 Å². The Balaban J connectivity index is 1.43. The van der Waals surface area contributed by atoms with Crippen LogP contribution in [0, 0.1) is 5.92 Å². The second kappa shape index (κ2) is 11.3. The normalized spacial score (nSPS) is 22.3. The van der Waals surface area contributed by atoms with E-state index in [2.05, 4.69) is 15.3 Å². The lowest BCUT2D eigenvalue weighted by Gasteiger charge is -2.34. The van der Waals surface area contributed by atoms with Gasteiger partial charge in [0.2, 0.25) is 5.91 Å². The molecule has 0 aromatic carbocycles. The molecule has 2 amide bonds. The van der Waals surface area contributed by atoms with Crippen molar-refractivity contribution in [3.8, 4) is 0 Å². The minimum absolute atomic E-state index is 0.0696. The molecule has 1 aromatic rings. The molecule has 36 heavy (non-hydrogen) atoms. The number of nitrogens with one attached hydrogen (secondary N) is 1. The van der Waals surface area contributed by atoms with Crippen LogP contribution in [0.3, 0.4) is 0 Å². The van der Waals surface area contributed by atoms with E-state index in [1.165, 1.54) is 0 Å². The molecule has 11 heteroatoms. The van der Waals surface area contributed by atoms with E-state index in [-0.39, 0.29) is 5.91 Å². The molecule has 0 spiro atoms. The van der Waals surface area contributed by atoms with Crippen molar-refractivity contribution in [2.24, 2.45) is 5.92 Å². The van der Waals surface area contributed by atoms with Gasteiger partial charge in [-0.2, -0.15) is 0 Å². The summed E-state index contributed by atoms with van der Waals surface area (Å²) < 4.78 is 17.4. The SMILES string of the molecule is C[C@H](NC(=O)OC(C)(C)C)C(=O)N1CCC[C@H](CCSc2ncc(B3OC(C)(C)C(C)(C)O3)cn2)C1. The number of aromatic nitrogens is 2. The third-order valence-corrected chi connectivity index (χ3v) is 7.77. The van der Waals surface area contributed by atoms with Crippen molar-refractivity contribution < 1.29 is 23.6 Å². The molecule has 3 rings (SSSR count). The molecule has 200 valence electrons. The fraction of sp³-hybridized carbons (Fsp3) is 0.760. The first-order chi connectivity index (χ1) is 16.7. The van der Waals surface area contributed by atoms with Gasteiger partial charge in [0.1, 0.15) is 11.6 Å². The molecule has 2 aliphatic heterocycles. The van der Waals surface area contributed by atoms with Gasteiger partial charge in [0.25, 0.3) is 0 Å². The smallest absolute Gasteiger partial charge is 0.444 e. The molecule has 0 bridgehead atoms. The van der Waals surface area contributed by atoms with Crippen LogP contribution in [0.4, 0.5) is 4.79 Å². The van der Waals surface area contributed by atoms with Gasteiger partial charge < -0.3 is 24.3 Å².